The van der Waals surface area contributed by atoms with Gasteiger partial charge in [-0.05, 0) is 61.3 Å². The van der Waals surface area contributed by atoms with E-state index in [4.69, 9.17) is 4.74 Å². The van der Waals surface area contributed by atoms with Crippen LogP contribution in [0.3, 0.4) is 0 Å². The van der Waals surface area contributed by atoms with Crippen molar-refractivity contribution in [1.29, 1.82) is 0 Å². The van der Waals surface area contributed by atoms with Gasteiger partial charge in [0.05, 0.1) is 4.47 Å². The van der Waals surface area contributed by atoms with Crippen LogP contribution in [0.2, 0.25) is 0 Å². The van der Waals surface area contributed by atoms with Gasteiger partial charge in [-0.25, -0.2) is 0 Å². The Morgan fingerprint density at radius 3 is 2.50 bits per heavy atom. The molecule has 0 bridgehead atoms. The van der Waals surface area contributed by atoms with Crippen molar-refractivity contribution in [2.45, 2.75) is 33.7 Å². The summed E-state index contributed by atoms with van der Waals surface area (Å²) in [5, 5.41) is 2.72. The van der Waals surface area contributed by atoms with Crippen molar-refractivity contribution in [1.82, 2.24) is 16.2 Å². The Balaban J connectivity index is 2.46. The Hall–Kier alpha value is -1.54. The van der Waals surface area contributed by atoms with Gasteiger partial charge in [-0.15, -0.1) is 0 Å². The summed E-state index contributed by atoms with van der Waals surface area (Å²) >= 11 is 6.81. The first kappa shape index (κ1) is 20.5. The summed E-state index contributed by atoms with van der Waals surface area (Å²) in [5.41, 5.74) is 6.65. The molecule has 132 valence electrons. The van der Waals surface area contributed by atoms with Crippen LogP contribution in [0.5, 0.6) is 5.75 Å². The van der Waals surface area contributed by atoms with Gasteiger partial charge >= 0.3 is 0 Å². The molecule has 1 rings (SSSR count). The minimum Gasteiger partial charge on any atom is -0.483 e. The highest BCUT2D eigenvalue weighted by Gasteiger charge is 2.08. The van der Waals surface area contributed by atoms with Crippen molar-refractivity contribution in [3.05, 3.63) is 38.4 Å². The van der Waals surface area contributed by atoms with Crippen LogP contribution in [0.4, 0.5) is 0 Å². The zero-order chi connectivity index (χ0) is 18.3. The molecule has 3 N–H and O–H groups in total. The molecule has 0 saturated heterocycles. The van der Waals surface area contributed by atoms with Crippen LogP contribution in [0, 0.1) is 6.92 Å². The Bertz CT molecular complexity index is 646. The molecule has 0 unspecified atom stereocenters. The summed E-state index contributed by atoms with van der Waals surface area (Å²) in [6.07, 6.45) is 1.37. The number of allylic oxidation sites excluding steroid dienone is 1. The maximum absolute atomic E-state index is 11.8. The molecular formula is C16H21Br2N3O3. The van der Waals surface area contributed by atoms with Crippen LogP contribution in [-0.2, 0) is 9.59 Å². The van der Waals surface area contributed by atoms with Crippen LogP contribution in [-0.4, -0.2) is 24.5 Å². The lowest BCUT2D eigenvalue weighted by molar-refractivity contribution is -0.124. The fourth-order valence-electron chi connectivity index (χ4n) is 1.65. The maximum atomic E-state index is 11.8. The van der Waals surface area contributed by atoms with Crippen LogP contribution in [0.15, 0.2) is 32.9 Å². The molecule has 0 aliphatic carbocycles. The molecule has 1 aromatic rings. The van der Waals surface area contributed by atoms with Crippen molar-refractivity contribution in [3.63, 3.8) is 0 Å². The first-order valence-corrected chi connectivity index (χ1v) is 8.89. The number of hydrogen-bond acceptors (Lipinski definition) is 4. The largest absolute Gasteiger partial charge is 0.483 e. The van der Waals surface area contributed by atoms with Crippen LogP contribution < -0.4 is 20.9 Å². The number of benzene rings is 1. The monoisotopic (exact) mass is 461 g/mol. The molecule has 0 spiro atoms. The molecule has 8 heteroatoms. The smallest absolute Gasteiger partial charge is 0.276 e. The van der Waals surface area contributed by atoms with E-state index in [1.165, 1.54) is 6.08 Å². The van der Waals surface area contributed by atoms with E-state index in [2.05, 4.69) is 48.0 Å². The number of carbonyl (C=O) groups is 2. The first-order valence-electron chi connectivity index (χ1n) is 7.31. The summed E-state index contributed by atoms with van der Waals surface area (Å²) in [6, 6.07) is 3.74. The molecule has 0 radical (unpaired) electrons. The molecule has 0 aromatic heterocycles. The minimum absolute atomic E-state index is 0.0531. The Morgan fingerprint density at radius 1 is 1.21 bits per heavy atom. The van der Waals surface area contributed by atoms with Crippen molar-refractivity contribution < 1.29 is 14.3 Å². The second-order valence-electron chi connectivity index (χ2n) is 5.48. The molecule has 6 nitrogen and oxygen atoms in total. The van der Waals surface area contributed by atoms with Gasteiger partial charge in [0.15, 0.2) is 6.61 Å². The lowest BCUT2D eigenvalue weighted by Crippen LogP contribution is -2.40. The molecule has 0 aliphatic heterocycles. The number of nitrogens with one attached hydrogen (secondary N) is 3. The van der Waals surface area contributed by atoms with E-state index in [1.807, 2.05) is 32.9 Å². The molecule has 0 fully saturated rings. The third kappa shape index (κ3) is 7.35. The van der Waals surface area contributed by atoms with Crippen LogP contribution in [0.1, 0.15) is 26.3 Å². The Morgan fingerprint density at radius 2 is 1.88 bits per heavy atom. The summed E-state index contributed by atoms with van der Waals surface area (Å²) < 4.78 is 7.19. The number of carbonyl (C=O) groups excluding carboxylic acids is 2. The normalized spacial score (nSPS) is 11.2. The van der Waals surface area contributed by atoms with E-state index in [0.717, 1.165) is 14.5 Å². The minimum atomic E-state index is -0.362. The Labute approximate surface area is 158 Å². The molecule has 0 saturated carbocycles. The molecule has 24 heavy (non-hydrogen) atoms. The average Bonchev–Trinajstić information content (AvgIpc) is 2.46. The fraction of sp³-hybridized carbons (Fsp3) is 0.375. The quantitative estimate of drug-likeness (QED) is 0.430. The number of hydrazine groups is 1. The molecule has 1 aromatic carbocycles. The highest BCUT2D eigenvalue weighted by Crippen LogP contribution is 2.31. The van der Waals surface area contributed by atoms with Crippen LogP contribution >= 0.6 is 31.9 Å². The summed E-state index contributed by atoms with van der Waals surface area (Å²) in [6.45, 7) is 7.19. The van der Waals surface area contributed by atoms with Gasteiger partial charge in [0, 0.05) is 22.3 Å². The van der Waals surface area contributed by atoms with Crippen molar-refractivity contribution in [3.8, 4) is 5.75 Å². The maximum Gasteiger partial charge on any atom is 0.276 e. The summed E-state index contributed by atoms with van der Waals surface area (Å²) in [7, 11) is 0. The van der Waals surface area contributed by atoms with Crippen molar-refractivity contribution >= 4 is 43.7 Å². The number of halogens is 2. The van der Waals surface area contributed by atoms with E-state index in [1.54, 1.807) is 6.92 Å². The summed E-state index contributed by atoms with van der Waals surface area (Å²) in [4.78, 5) is 23.3. The fourth-order valence-corrected chi connectivity index (χ4v) is 2.76. The highest BCUT2D eigenvalue weighted by atomic mass is 79.9. The van der Waals surface area contributed by atoms with Crippen LogP contribution in [0.25, 0.3) is 0 Å². The van der Waals surface area contributed by atoms with E-state index in [-0.39, 0.29) is 24.5 Å². The zero-order valence-electron chi connectivity index (χ0n) is 14.0. The third-order valence-electron chi connectivity index (χ3n) is 2.75. The van der Waals surface area contributed by atoms with Gasteiger partial charge in [-0.1, -0.05) is 15.9 Å². The number of ether oxygens (including phenoxy) is 1. The molecular weight excluding hydrogens is 442 g/mol. The standard InChI is InChI=1S/C16H21Br2N3O3/c1-9(2)19-15(22)6-11(4)20-21-16(23)8-24-14-5-10(3)12(17)7-13(14)18/h5-7,9,20H,8H2,1-4H3,(H,19,22)(H,21,23). The van der Waals surface area contributed by atoms with Gasteiger partial charge in [0.25, 0.3) is 5.91 Å². The number of aryl methyl sites for hydroxylation is 1. The van der Waals surface area contributed by atoms with Gasteiger partial charge in [-0.3, -0.25) is 15.0 Å². The van der Waals surface area contributed by atoms with Crippen molar-refractivity contribution in [2.75, 3.05) is 6.61 Å². The second kappa shape index (κ2) is 9.68. The average molecular weight is 463 g/mol. The Kier molecular flexibility index (Phi) is 8.27. The number of hydrogen-bond donors (Lipinski definition) is 3. The van der Waals surface area contributed by atoms with Gasteiger partial charge < -0.3 is 15.5 Å². The predicted molar refractivity (Wildman–Crippen MR) is 100 cm³/mol. The number of amides is 2. The first-order chi connectivity index (χ1) is 11.2. The van der Waals surface area contributed by atoms with E-state index in [0.29, 0.717) is 11.4 Å². The zero-order valence-corrected chi connectivity index (χ0v) is 17.2. The van der Waals surface area contributed by atoms with Gasteiger partial charge in [0.2, 0.25) is 5.91 Å². The lowest BCUT2D eigenvalue weighted by Gasteiger charge is -2.12. The lowest BCUT2D eigenvalue weighted by atomic mass is 10.2. The second-order valence-corrected chi connectivity index (χ2v) is 7.19. The highest BCUT2D eigenvalue weighted by molar-refractivity contribution is 9.11. The molecule has 0 atom stereocenters. The van der Waals surface area contributed by atoms with E-state index >= 15 is 0 Å². The predicted octanol–water partition coefficient (Wildman–Crippen LogP) is 2.95. The molecule has 0 heterocycles. The summed E-state index contributed by atoms with van der Waals surface area (Å²) in [5.74, 6) is -0.0105. The topological polar surface area (TPSA) is 79.5 Å². The molecule has 2 amide bonds. The number of rotatable bonds is 7. The van der Waals surface area contributed by atoms with Crippen molar-refractivity contribution in [2.24, 2.45) is 0 Å². The van der Waals surface area contributed by atoms with E-state index in [9.17, 15) is 9.59 Å². The van der Waals surface area contributed by atoms with Gasteiger partial charge in [-0.2, -0.15) is 0 Å². The third-order valence-corrected chi connectivity index (χ3v) is 4.22. The SMILES string of the molecule is CC(=CC(=O)NC(C)C)NNC(=O)COc1cc(C)c(Br)cc1Br. The molecule has 0 aliphatic rings. The van der Waals surface area contributed by atoms with E-state index < -0.39 is 0 Å². The van der Waals surface area contributed by atoms with Gasteiger partial charge in [0.1, 0.15) is 5.75 Å².